The van der Waals surface area contributed by atoms with Gasteiger partial charge in [-0.3, -0.25) is 0 Å². The lowest BCUT2D eigenvalue weighted by Gasteiger charge is -2.42. The van der Waals surface area contributed by atoms with E-state index in [1.807, 2.05) is 0 Å². The first-order chi connectivity index (χ1) is 15.5. The van der Waals surface area contributed by atoms with Crippen LogP contribution in [0.5, 0.6) is 0 Å². The van der Waals surface area contributed by atoms with Gasteiger partial charge in [-0.05, 0) is 71.6 Å². The topological polar surface area (TPSA) is 18.5 Å². The third kappa shape index (κ3) is 7.43. The highest BCUT2D eigenvalue weighted by Gasteiger charge is 2.42. The van der Waals surface area contributed by atoms with Crippen molar-refractivity contribution in [1.82, 2.24) is 0 Å². The molecule has 0 aliphatic rings. The van der Waals surface area contributed by atoms with Gasteiger partial charge in [-0.25, -0.2) is 9.78 Å². The molecule has 2 unspecified atom stereocenters. The van der Waals surface area contributed by atoms with Crippen molar-refractivity contribution in [3.63, 3.8) is 0 Å². The smallest absolute Gasteiger partial charge is 0.126 e. The van der Waals surface area contributed by atoms with Crippen LogP contribution in [-0.2, 0) is 21.0 Å². The Morgan fingerprint density at radius 3 is 1.09 bits per heavy atom. The molecule has 0 saturated carbocycles. The summed E-state index contributed by atoms with van der Waals surface area (Å²) in [5.41, 5.74) is 4.05. The highest BCUT2D eigenvalue weighted by Crippen LogP contribution is 2.46. The Morgan fingerprint density at radius 1 is 0.529 bits per heavy atom. The van der Waals surface area contributed by atoms with E-state index < -0.39 is 11.2 Å². The third-order valence-electron chi connectivity index (χ3n) is 6.45. The van der Waals surface area contributed by atoms with E-state index in [1.165, 1.54) is 22.3 Å². The van der Waals surface area contributed by atoms with E-state index in [-0.39, 0.29) is 10.8 Å². The van der Waals surface area contributed by atoms with Gasteiger partial charge in [-0.15, -0.1) is 0 Å². The summed E-state index contributed by atoms with van der Waals surface area (Å²) in [7, 11) is 0. The van der Waals surface area contributed by atoms with Crippen molar-refractivity contribution < 1.29 is 9.78 Å². The molecule has 0 aliphatic carbocycles. The van der Waals surface area contributed by atoms with Gasteiger partial charge in [0.1, 0.15) is 11.2 Å². The van der Waals surface area contributed by atoms with Crippen molar-refractivity contribution in [2.75, 3.05) is 0 Å². The number of rotatable bonds is 9. The van der Waals surface area contributed by atoms with E-state index in [9.17, 15) is 0 Å². The van der Waals surface area contributed by atoms with Gasteiger partial charge in [-0.2, -0.15) is 0 Å². The van der Waals surface area contributed by atoms with Crippen LogP contribution < -0.4 is 0 Å². The third-order valence-corrected chi connectivity index (χ3v) is 6.45. The van der Waals surface area contributed by atoms with E-state index in [0.29, 0.717) is 11.8 Å². The zero-order valence-electron chi connectivity index (χ0n) is 24.0. The summed E-state index contributed by atoms with van der Waals surface area (Å²) in [6, 6.07) is 17.4. The predicted octanol–water partition coefficient (Wildman–Crippen LogP) is 9.88. The Labute approximate surface area is 210 Å². The first-order valence-electron chi connectivity index (χ1n) is 13.0. The minimum atomic E-state index is -0.578. The molecule has 0 aromatic heterocycles. The van der Waals surface area contributed by atoms with E-state index in [4.69, 9.17) is 9.78 Å². The van der Waals surface area contributed by atoms with Gasteiger partial charge in [0, 0.05) is 0 Å². The molecule has 2 heteroatoms. The lowest BCUT2D eigenvalue weighted by Crippen LogP contribution is -2.39. The van der Waals surface area contributed by atoms with Crippen molar-refractivity contribution in [3.05, 3.63) is 70.8 Å². The first kappa shape index (κ1) is 28.6. The molecule has 0 fully saturated rings. The van der Waals surface area contributed by atoms with Gasteiger partial charge in [0.2, 0.25) is 0 Å². The molecule has 34 heavy (non-hydrogen) atoms. The second-order valence-corrected chi connectivity index (χ2v) is 13.6. The zero-order chi connectivity index (χ0) is 25.9. The SMILES string of the molecule is CC(C)c1ccccc1C(C)(CC(C)(C)C)OOC(C)(CC(C)(C)C)c1ccccc1C(C)C. The fourth-order valence-corrected chi connectivity index (χ4v) is 5.51. The number of benzene rings is 2. The minimum Gasteiger partial charge on any atom is -0.225 e. The van der Waals surface area contributed by atoms with Gasteiger partial charge in [0.15, 0.2) is 0 Å². The summed E-state index contributed by atoms with van der Waals surface area (Å²) in [5, 5.41) is 0. The average molecular weight is 467 g/mol. The molecule has 0 amide bonds. The van der Waals surface area contributed by atoms with Crippen molar-refractivity contribution in [3.8, 4) is 0 Å². The molecular formula is C32H50O2. The second-order valence-electron chi connectivity index (χ2n) is 13.6. The first-order valence-corrected chi connectivity index (χ1v) is 13.0. The van der Waals surface area contributed by atoms with Crippen molar-refractivity contribution in [1.29, 1.82) is 0 Å². The molecule has 0 radical (unpaired) electrons. The van der Waals surface area contributed by atoms with Crippen LogP contribution in [0.2, 0.25) is 0 Å². The summed E-state index contributed by atoms with van der Waals surface area (Å²) in [6.45, 7) is 27.0. The largest absolute Gasteiger partial charge is 0.225 e. The molecule has 2 rings (SSSR count). The molecule has 0 N–H and O–H groups in total. The minimum absolute atomic E-state index is 0.0679. The molecule has 0 heterocycles. The van der Waals surface area contributed by atoms with Gasteiger partial charge >= 0.3 is 0 Å². The predicted molar refractivity (Wildman–Crippen MR) is 146 cm³/mol. The summed E-state index contributed by atoms with van der Waals surface area (Å²) in [5.74, 6) is 0.809. The van der Waals surface area contributed by atoms with Gasteiger partial charge in [-0.1, -0.05) is 118 Å². The summed E-state index contributed by atoms with van der Waals surface area (Å²) in [6.07, 6.45) is 1.70. The maximum Gasteiger partial charge on any atom is 0.126 e. The Balaban J connectivity index is 2.59. The van der Waals surface area contributed by atoms with E-state index in [1.54, 1.807) is 0 Å². The van der Waals surface area contributed by atoms with Crippen LogP contribution in [-0.4, -0.2) is 0 Å². The van der Waals surface area contributed by atoms with Crippen molar-refractivity contribution in [2.24, 2.45) is 10.8 Å². The van der Waals surface area contributed by atoms with Crippen molar-refractivity contribution in [2.45, 2.75) is 119 Å². The van der Waals surface area contributed by atoms with Crippen LogP contribution >= 0.6 is 0 Å². The van der Waals surface area contributed by atoms with Gasteiger partial charge in [0.25, 0.3) is 0 Å². The molecule has 2 aromatic carbocycles. The van der Waals surface area contributed by atoms with Crippen LogP contribution in [0, 0.1) is 10.8 Å². The van der Waals surface area contributed by atoms with Gasteiger partial charge in [0.05, 0.1) is 0 Å². The van der Waals surface area contributed by atoms with Crippen LogP contribution in [0.1, 0.15) is 130 Å². The number of hydrogen-bond acceptors (Lipinski definition) is 2. The monoisotopic (exact) mass is 466 g/mol. The molecule has 0 spiro atoms. The molecule has 0 bridgehead atoms. The highest BCUT2D eigenvalue weighted by molar-refractivity contribution is 5.36. The maximum atomic E-state index is 6.68. The van der Waals surface area contributed by atoms with E-state index in [0.717, 1.165) is 12.8 Å². The molecular weight excluding hydrogens is 416 g/mol. The molecule has 0 aliphatic heterocycles. The summed E-state index contributed by atoms with van der Waals surface area (Å²) < 4.78 is 0. The highest BCUT2D eigenvalue weighted by atomic mass is 17.2. The molecule has 0 saturated heterocycles. The van der Waals surface area contributed by atoms with Crippen LogP contribution in [0.3, 0.4) is 0 Å². The van der Waals surface area contributed by atoms with E-state index >= 15 is 0 Å². The zero-order valence-corrected chi connectivity index (χ0v) is 24.0. The normalized spacial score (nSPS) is 16.5. The second kappa shape index (κ2) is 10.5. The van der Waals surface area contributed by atoms with Crippen molar-refractivity contribution >= 4 is 0 Å². The van der Waals surface area contributed by atoms with Gasteiger partial charge < -0.3 is 0 Å². The standard InChI is InChI=1S/C32H50O2/c1-23(2)25-17-13-15-19-27(25)31(11,21-29(5,6)7)33-34-32(12,22-30(8,9)10)28-20-16-14-18-26(28)24(3)4/h13-20,23-24H,21-22H2,1-12H3. The lowest BCUT2D eigenvalue weighted by atomic mass is 9.76. The average Bonchev–Trinajstić information content (AvgIpc) is 2.70. The maximum absolute atomic E-state index is 6.68. The summed E-state index contributed by atoms with van der Waals surface area (Å²) in [4.78, 5) is 13.4. The molecule has 190 valence electrons. The Kier molecular flexibility index (Phi) is 8.87. The molecule has 2 atom stereocenters. The Morgan fingerprint density at radius 2 is 0.824 bits per heavy atom. The van der Waals surface area contributed by atoms with Crippen LogP contribution in [0.25, 0.3) is 0 Å². The van der Waals surface area contributed by atoms with Crippen LogP contribution in [0.4, 0.5) is 0 Å². The lowest BCUT2D eigenvalue weighted by molar-refractivity contribution is -0.425. The van der Waals surface area contributed by atoms with E-state index in [2.05, 4.69) is 132 Å². The number of hydrogen-bond donors (Lipinski definition) is 0. The fourth-order valence-electron chi connectivity index (χ4n) is 5.51. The summed E-state index contributed by atoms with van der Waals surface area (Å²) >= 11 is 0. The molecule has 2 nitrogen and oxygen atoms in total. The Bertz CT molecular complexity index is 851. The fraction of sp³-hybridized carbons (Fsp3) is 0.625. The Hall–Kier alpha value is -1.64. The quantitative estimate of drug-likeness (QED) is 0.270. The molecule has 2 aromatic rings. The van der Waals surface area contributed by atoms with Crippen LogP contribution in [0.15, 0.2) is 48.5 Å².